The van der Waals surface area contributed by atoms with E-state index in [9.17, 15) is 0 Å². The summed E-state index contributed by atoms with van der Waals surface area (Å²) in [6, 6.07) is 0. The lowest BCUT2D eigenvalue weighted by Crippen LogP contribution is -2.00. The highest BCUT2D eigenvalue weighted by atomic mass is 31.0. The lowest BCUT2D eigenvalue weighted by Gasteiger charge is -2.12. The molecule has 0 fully saturated rings. The molecule has 1 heteroatoms. The van der Waals surface area contributed by atoms with Crippen molar-refractivity contribution < 1.29 is 0 Å². The number of hydrogen-bond acceptors (Lipinski definition) is 0. The summed E-state index contributed by atoms with van der Waals surface area (Å²) in [6.07, 6.45) is 2.15. The zero-order chi connectivity index (χ0) is 12.1. The lowest BCUT2D eigenvalue weighted by molar-refractivity contribution is 0.918. The maximum absolute atomic E-state index is 3.98. The summed E-state index contributed by atoms with van der Waals surface area (Å²) < 4.78 is 0. The highest BCUT2D eigenvalue weighted by molar-refractivity contribution is 7.18. The molecule has 2 atom stereocenters. The Kier molecular flexibility index (Phi) is 21.4. The van der Waals surface area contributed by atoms with Crippen LogP contribution in [-0.2, 0) is 0 Å². The summed E-state index contributed by atoms with van der Waals surface area (Å²) in [4.78, 5) is 0. The third-order valence-electron chi connectivity index (χ3n) is 1.77. The van der Waals surface area contributed by atoms with Gasteiger partial charge in [0.25, 0.3) is 0 Å². The molecular weight excluding hydrogens is 187 g/mol. The van der Waals surface area contributed by atoms with Crippen LogP contribution in [0.5, 0.6) is 0 Å². The van der Waals surface area contributed by atoms with Crippen molar-refractivity contribution in [2.24, 2.45) is 0 Å². The molecule has 0 saturated heterocycles. The molecular formula is C13H29P. The first-order valence-electron chi connectivity index (χ1n) is 5.76. The molecule has 0 saturated carbocycles. The van der Waals surface area contributed by atoms with Gasteiger partial charge in [-0.1, -0.05) is 60.3 Å². The fourth-order valence-electron chi connectivity index (χ4n) is 0.736. The van der Waals surface area contributed by atoms with Gasteiger partial charge in [-0.3, -0.25) is 0 Å². The Morgan fingerprint density at radius 1 is 1.07 bits per heavy atom. The minimum atomic E-state index is 0.521. The Balaban J connectivity index is -0.000000266. The Labute approximate surface area is 94.1 Å². The number of rotatable bonds is 4. The van der Waals surface area contributed by atoms with Crippen molar-refractivity contribution >= 4 is 9.24 Å². The summed E-state index contributed by atoms with van der Waals surface area (Å²) in [6.45, 7) is 20.2. The van der Waals surface area contributed by atoms with Gasteiger partial charge in [0, 0.05) is 0 Å². The molecule has 0 bridgehead atoms. The molecule has 0 heterocycles. The van der Waals surface area contributed by atoms with Gasteiger partial charge in [0.15, 0.2) is 0 Å². The molecule has 0 aromatic carbocycles. The van der Waals surface area contributed by atoms with Gasteiger partial charge >= 0.3 is 0 Å². The maximum atomic E-state index is 3.98. The smallest absolute Gasteiger partial charge is 0.00205 e. The number of hydrogen-bond donors (Lipinski definition) is 0. The molecule has 0 rings (SSSR count). The highest BCUT2D eigenvalue weighted by Crippen LogP contribution is 2.21. The predicted octanol–water partition coefficient (Wildman–Crippen LogP) is 5.21. The summed E-state index contributed by atoms with van der Waals surface area (Å²) in [5.74, 6) is 0. The van der Waals surface area contributed by atoms with Crippen LogP contribution in [0.2, 0.25) is 0 Å². The van der Waals surface area contributed by atoms with E-state index in [1.165, 1.54) is 11.1 Å². The lowest BCUT2D eigenvalue weighted by atomic mass is 10.0. The Morgan fingerprint density at radius 2 is 1.43 bits per heavy atom. The Morgan fingerprint density at radius 3 is 1.64 bits per heavy atom. The summed E-state index contributed by atoms with van der Waals surface area (Å²) in [7, 11) is 2.79. The van der Waals surface area contributed by atoms with Gasteiger partial charge < -0.3 is 0 Å². The quantitative estimate of drug-likeness (QED) is 0.446. The fourth-order valence-corrected chi connectivity index (χ4v) is 0.971. The molecule has 0 spiro atoms. The van der Waals surface area contributed by atoms with Crippen LogP contribution in [0.4, 0.5) is 0 Å². The van der Waals surface area contributed by atoms with E-state index in [0.29, 0.717) is 5.66 Å². The van der Waals surface area contributed by atoms with E-state index in [4.69, 9.17) is 0 Å². The van der Waals surface area contributed by atoms with E-state index in [-0.39, 0.29) is 0 Å². The molecule has 0 aromatic heterocycles. The van der Waals surface area contributed by atoms with E-state index in [2.05, 4.69) is 36.2 Å². The van der Waals surface area contributed by atoms with Gasteiger partial charge in [-0.15, -0.1) is 9.24 Å². The summed E-state index contributed by atoms with van der Waals surface area (Å²) >= 11 is 0. The van der Waals surface area contributed by atoms with Gasteiger partial charge in [-0.25, -0.2) is 0 Å². The van der Waals surface area contributed by atoms with Crippen molar-refractivity contribution in [3.8, 4) is 0 Å². The first kappa shape index (κ1) is 19.5. The largest absolute Gasteiger partial charge is 0.130 e. The third-order valence-corrected chi connectivity index (χ3v) is 2.64. The average molecular weight is 216 g/mol. The van der Waals surface area contributed by atoms with Crippen molar-refractivity contribution in [2.45, 2.75) is 60.0 Å². The van der Waals surface area contributed by atoms with Crippen LogP contribution in [0, 0.1) is 0 Å². The minimum Gasteiger partial charge on any atom is -0.130 e. The molecule has 0 amide bonds. The van der Waals surface area contributed by atoms with E-state index < -0.39 is 0 Å². The van der Waals surface area contributed by atoms with E-state index in [1.807, 2.05) is 27.7 Å². The van der Waals surface area contributed by atoms with E-state index in [0.717, 1.165) is 12.8 Å². The molecule has 14 heavy (non-hydrogen) atoms. The Hall–Kier alpha value is -0.0900. The second-order valence-electron chi connectivity index (χ2n) is 2.50. The van der Waals surface area contributed by atoms with Crippen molar-refractivity contribution in [3.05, 3.63) is 24.3 Å². The maximum Gasteiger partial charge on any atom is -0.00205 e. The zero-order valence-electron chi connectivity index (χ0n) is 11.0. The zero-order valence-corrected chi connectivity index (χ0v) is 12.1. The van der Waals surface area contributed by atoms with Crippen LogP contribution in [0.25, 0.3) is 0 Å². The van der Waals surface area contributed by atoms with Crippen LogP contribution in [0.15, 0.2) is 24.3 Å². The topological polar surface area (TPSA) is 0 Å². The van der Waals surface area contributed by atoms with E-state index >= 15 is 0 Å². The van der Waals surface area contributed by atoms with Gasteiger partial charge in [0.1, 0.15) is 0 Å². The molecule has 0 nitrogen and oxygen atoms in total. The van der Waals surface area contributed by atoms with Crippen LogP contribution < -0.4 is 0 Å². The summed E-state index contributed by atoms with van der Waals surface area (Å²) in [5.41, 5.74) is 2.89. The second kappa shape index (κ2) is 15.4. The van der Waals surface area contributed by atoms with Crippen molar-refractivity contribution in [1.29, 1.82) is 0 Å². The van der Waals surface area contributed by atoms with Gasteiger partial charge in [-0.05, 0) is 24.1 Å². The van der Waals surface area contributed by atoms with Gasteiger partial charge in [0.2, 0.25) is 0 Å². The van der Waals surface area contributed by atoms with Crippen molar-refractivity contribution in [3.63, 3.8) is 0 Å². The third kappa shape index (κ3) is 9.99. The van der Waals surface area contributed by atoms with Crippen LogP contribution in [0.3, 0.4) is 0 Å². The number of allylic oxidation sites excluding steroid dienone is 2. The average Bonchev–Trinajstić information content (AvgIpc) is 2.31. The van der Waals surface area contributed by atoms with Crippen molar-refractivity contribution in [1.82, 2.24) is 0 Å². The molecule has 0 radical (unpaired) electrons. The predicted molar refractivity (Wildman–Crippen MR) is 75.1 cm³/mol. The molecule has 2 unspecified atom stereocenters. The van der Waals surface area contributed by atoms with Crippen LogP contribution >= 0.6 is 9.24 Å². The molecule has 0 aliphatic heterocycles. The standard InChI is InChI=1S/C9H17P.2C2H6/c1-5-7(3)8(4)9(10)6-2;2*1-2/h9H,3-6,10H2,1-2H3;2*1-2H3. The highest BCUT2D eigenvalue weighted by Gasteiger charge is 2.05. The van der Waals surface area contributed by atoms with E-state index in [1.54, 1.807) is 0 Å². The van der Waals surface area contributed by atoms with Gasteiger partial charge in [0.05, 0.1) is 0 Å². The first-order chi connectivity index (χ1) is 6.63. The molecule has 0 aromatic rings. The minimum absolute atomic E-state index is 0.521. The fraction of sp³-hybridized carbons (Fsp3) is 0.692. The molecule has 86 valence electrons. The monoisotopic (exact) mass is 216 g/mol. The van der Waals surface area contributed by atoms with Gasteiger partial charge in [-0.2, -0.15) is 0 Å². The Bertz CT molecular complexity index is 136. The van der Waals surface area contributed by atoms with Crippen molar-refractivity contribution in [2.75, 3.05) is 0 Å². The first-order valence-corrected chi connectivity index (χ1v) is 6.42. The van der Waals surface area contributed by atoms with Crippen LogP contribution in [-0.4, -0.2) is 5.66 Å². The second-order valence-corrected chi connectivity index (χ2v) is 3.30. The molecule has 0 aliphatic rings. The van der Waals surface area contributed by atoms with Crippen LogP contribution in [0.1, 0.15) is 54.4 Å². The summed E-state index contributed by atoms with van der Waals surface area (Å²) in [5, 5.41) is 0. The SMILES string of the molecule is C=C(CC)C(=C)C(P)CC.CC.CC. The molecule has 0 aliphatic carbocycles. The normalized spacial score (nSPS) is 9.93. The molecule has 0 N–H and O–H groups in total.